The van der Waals surface area contributed by atoms with Crippen molar-refractivity contribution in [3.8, 4) is 11.3 Å². The van der Waals surface area contributed by atoms with Gasteiger partial charge < -0.3 is 0 Å². The fourth-order valence-corrected chi connectivity index (χ4v) is 2.66. The first-order valence-corrected chi connectivity index (χ1v) is 7.73. The lowest BCUT2D eigenvalue weighted by molar-refractivity contribution is 0.0993. The maximum atomic E-state index is 13.0. The van der Waals surface area contributed by atoms with Gasteiger partial charge in [0.15, 0.2) is 11.4 Å². The fourth-order valence-electron chi connectivity index (χ4n) is 2.66. The van der Waals surface area contributed by atoms with Crippen molar-refractivity contribution in [2.45, 2.75) is 6.42 Å². The molecule has 0 aliphatic rings. The fraction of sp³-hybridized carbons (Fsp3) is 0.0526. The number of Topliss-reactive ketones (excluding diaryl/α,β-unsaturated/α-hetero) is 1. The van der Waals surface area contributed by atoms with Crippen molar-refractivity contribution in [2.75, 3.05) is 0 Å². The molecule has 0 fully saturated rings. The molecular formula is C19H13FN4O. The molecule has 4 aromatic rings. The lowest BCUT2D eigenvalue weighted by Gasteiger charge is -2.04. The average molecular weight is 332 g/mol. The van der Waals surface area contributed by atoms with E-state index in [-0.39, 0.29) is 18.0 Å². The number of aromatic nitrogens is 4. The highest BCUT2D eigenvalue weighted by atomic mass is 19.1. The van der Waals surface area contributed by atoms with Crippen molar-refractivity contribution >= 4 is 11.4 Å². The molecule has 0 radical (unpaired) electrons. The van der Waals surface area contributed by atoms with Gasteiger partial charge in [-0.2, -0.15) is 5.10 Å². The molecule has 4 rings (SSSR count). The van der Waals surface area contributed by atoms with Crippen LogP contribution in [0.2, 0.25) is 0 Å². The number of pyridine rings is 1. The highest BCUT2D eigenvalue weighted by Crippen LogP contribution is 2.22. The van der Waals surface area contributed by atoms with Crippen molar-refractivity contribution in [3.05, 3.63) is 84.2 Å². The third-order valence-corrected chi connectivity index (χ3v) is 3.91. The van der Waals surface area contributed by atoms with Gasteiger partial charge in [-0.1, -0.05) is 0 Å². The van der Waals surface area contributed by atoms with E-state index in [0.29, 0.717) is 16.9 Å². The Morgan fingerprint density at radius 2 is 1.92 bits per heavy atom. The van der Waals surface area contributed by atoms with Crippen LogP contribution in [0.5, 0.6) is 0 Å². The third kappa shape index (κ3) is 3.01. The molecule has 0 saturated carbocycles. The van der Waals surface area contributed by atoms with Gasteiger partial charge in [0.1, 0.15) is 5.82 Å². The van der Waals surface area contributed by atoms with Crippen molar-refractivity contribution in [1.82, 2.24) is 19.6 Å². The summed E-state index contributed by atoms with van der Waals surface area (Å²) in [5.74, 6) is -0.432. The van der Waals surface area contributed by atoms with Gasteiger partial charge in [-0.05, 0) is 48.0 Å². The second-order valence-corrected chi connectivity index (χ2v) is 5.60. The second-order valence-electron chi connectivity index (χ2n) is 5.60. The van der Waals surface area contributed by atoms with Crippen LogP contribution in [0.25, 0.3) is 16.9 Å². The monoisotopic (exact) mass is 332 g/mol. The molecule has 5 nitrogen and oxygen atoms in total. The van der Waals surface area contributed by atoms with E-state index < -0.39 is 0 Å². The normalized spacial score (nSPS) is 10.9. The van der Waals surface area contributed by atoms with Crippen LogP contribution < -0.4 is 0 Å². The van der Waals surface area contributed by atoms with Crippen LogP contribution in [0.4, 0.5) is 4.39 Å². The lowest BCUT2D eigenvalue weighted by atomic mass is 10.0. The molecule has 0 unspecified atom stereocenters. The Labute approximate surface area is 142 Å². The molecule has 3 aromatic heterocycles. The van der Waals surface area contributed by atoms with Gasteiger partial charge in [0, 0.05) is 30.6 Å². The number of benzene rings is 1. The predicted molar refractivity (Wildman–Crippen MR) is 90.7 cm³/mol. The van der Waals surface area contributed by atoms with Crippen molar-refractivity contribution in [3.63, 3.8) is 0 Å². The van der Waals surface area contributed by atoms with Crippen LogP contribution in [-0.4, -0.2) is 25.4 Å². The molecule has 25 heavy (non-hydrogen) atoms. The first-order valence-electron chi connectivity index (χ1n) is 7.73. The standard InChI is InChI=1S/C19H13FN4O/c20-15-4-2-14(3-5-15)18(25)11-13-6-8-21-17(10-13)16-12-23-24-9-1-7-22-19(16)24/h1-10,12H,11H2. The van der Waals surface area contributed by atoms with Gasteiger partial charge in [0.05, 0.1) is 17.5 Å². The second kappa shape index (κ2) is 6.24. The summed E-state index contributed by atoms with van der Waals surface area (Å²) in [6.45, 7) is 0. The Hall–Kier alpha value is -3.41. The number of hydrogen-bond donors (Lipinski definition) is 0. The van der Waals surface area contributed by atoms with Crippen LogP contribution in [0.15, 0.2) is 67.3 Å². The zero-order valence-corrected chi connectivity index (χ0v) is 13.1. The van der Waals surface area contributed by atoms with E-state index in [4.69, 9.17) is 0 Å². The molecule has 0 atom stereocenters. The number of carbonyl (C=O) groups excluding carboxylic acids is 1. The van der Waals surface area contributed by atoms with E-state index in [1.54, 1.807) is 35.2 Å². The van der Waals surface area contributed by atoms with Crippen LogP contribution >= 0.6 is 0 Å². The quantitative estimate of drug-likeness (QED) is 0.538. The smallest absolute Gasteiger partial charge is 0.167 e. The summed E-state index contributed by atoms with van der Waals surface area (Å²) in [6.07, 6.45) is 7.09. The number of nitrogens with zero attached hydrogens (tertiary/aromatic N) is 4. The van der Waals surface area contributed by atoms with Crippen LogP contribution in [0.1, 0.15) is 15.9 Å². The van der Waals surface area contributed by atoms with E-state index in [9.17, 15) is 9.18 Å². The zero-order chi connectivity index (χ0) is 17.2. The summed E-state index contributed by atoms with van der Waals surface area (Å²) in [7, 11) is 0. The SMILES string of the molecule is O=C(Cc1ccnc(-c2cnn3cccnc23)c1)c1ccc(F)cc1. The Balaban J connectivity index is 1.63. The van der Waals surface area contributed by atoms with Gasteiger partial charge >= 0.3 is 0 Å². The molecule has 0 N–H and O–H groups in total. The molecule has 0 aliphatic carbocycles. The highest BCUT2D eigenvalue weighted by Gasteiger charge is 2.12. The molecule has 122 valence electrons. The largest absolute Gasteiger partial charge is 0.294 e. The Morgan fingerprint density at radius 1 is 1.08 bits per heavy atom. The first-order chi connectivity index (χ1) is 12.2. The van der Waals surface area contributed by atoms with Gasteiger partial charge in [0.2, 0.25) is 0 Å². The number of ketones is 1. The van der Waals surface area contributed by atoms with Gasteiger partial charge in [-0.3, -0.25) is 9.78 Å². The molecule has 6 heteroatoms. The maximum Gasteiger partial charge on any atom is 0.167 e. The topological polar surface area (TPSA) is 60.2 Å². The number of halogens is 1. The van der Waals surface area contributed by atoms with Gasteiger partial charge in [-0.15, -0.1) is 0 Å². The molecule has 0 bridgehead atoms. The summed E-state index contributed by atoms with van der Waals surface area (Å²) in [5, 5.41) is 4.25. The van der Waals surface area contributed by atoms with Crippen molar-refractivity contribution in [2.24, 2.45) is 0 Å². The lowest BCUT2D eigenvalue weighted by Crippen LogP contribution is -2.04. The van der Waals surface area contributed by atoms with E-state index in [0.717, 1.165) is 11.1 Å². The molecule has 1 aromatic carbocycles. The Morgan fingerprint density at radius 3 is 2.76 bits per heavy atom. The summed E-state index contributed by atoms with van der Waals surface area (Å²) in [6, 6.07) is 11.0. The maximum absolute atomic E-state index is 13.0. The first kappa shape index (κ1) is 15.1. The third-order valence-electron chi connectivity index (χ3n) is 3.91. The van der Waals surface area contributed by atoms with Crippen LogP contribution in [0, 0.1) is 5.82 Å². The van der Waals surface area contributed by atoms with Gasteiger partial charge in [0.25, 0.3) is 0 Å². The summed E-state index contributed by atoms with van der Waals surface area (Å²) in [4.78, 5) is 21.1. The van der Waals surface area contributed by atoms with Crippen molar-refractivity contribution < 1.29 is 9.18 Å². The molecule has 3 heterocycles. The number of hydrogen-bond acceptors (Lipinski definition) is 4. The number of fused-ring (bicyclic) bond motifs is 1. The minimum absolute atomic E-state index is 0.0739. The van der Waals surface area contributed by atoms with Gasteiger partial charge in [-0.25, -0.2) is 13.9 Å². The van der Waals surface area contributed by atoms with E-state index in [1.165, 1.54) is 24.3 Å². The Kier molecular flexibility index (Phi) is 3.78. The van der Waals surface area contributed by atoms with Crippen molar-refractivity contribution in [1.29, 1.82) is 0 Å². The molecule has 0 spiro atoms. The van der Waals surface area contributed by atoms with E-state index >= 15 is 0 Å². The molecule has 0 saturated heterocycles. The summed E-state index contributed by atoms with van der Waals surface area (Å²) in [5.41, 5.74) is 3.53. The minimum atomic E-state index is -0.358. The zero-order valence-electron chi connectivity index (χ0n) is 13.1. The molecule has 0 aliphatic heterocycles. The molecule has 0 amide bonds. The molecular weight excluding hydrogens is 319 g/mol. The number of rotatable bonds is 4. The number of carbonyl (C=O) groups is 1. The summed E-state index contributed by atoms with van der Waals surface area (Å²) < 4.78 is 14.7. The highest BCUT2D eigenvalue weighted by molar-refractivity contribution is 5.97. The van der Waals surface area contributed by atoms with Crippen LogP contribution in [-0.2, 0) is 6.42 Å². The van der Waals surface area contributed by atoms with E-state index in [1.807, 2.05) is 12.3 Å². The predicted octanol–water partition coefficient (Wildman–Crippen LogP) is 3.36. The average Bonchev–Trinajstić information content (AvgIpc) is 3.06. The summed E-state index contributed by atoms with van der Waals surface area (Å²) >= 11 is 0. The van der Waals surface area contributed by atoms with E-state index in [2.05, 4.69) is 15.1 Å². The Bertz CT molecular complexity index is 1060. The van der Waals surface area contributed by atoms with Crippen LogP contribution in [0.3, 0.4) is 0 Å². The minimum Gasteiger partial charge on any atom is -0.294 e.